The lowest BCUT2D eigenvalue weighted by atomic mass is 10.2. The highest BCUT2D eigenvalue weighted by atomic mass is 79.9. The maximum absolute atomic E-state index is 6.05. The van der Waals surface area contributed by atoms with Gasteiger partial charge in [-0.05, 0) is 46.3 Å². The van der Waals surface area contributed by atoms with Crippen LogP contribution < -0.4 is 5.73 Å². The summed E-state index contributed by atoms with van der Waals surface area (Å²) in [6, 6.07) is 11.0. The van der Waals surface area contributed by atoms with E-state index in [0.29, 0.717) is 22.2 Å². The van der Waals surface area contributed by atoms with E-state index in [1.165, 1.54) is 0 Å². The number of nitrogens with two attached hydrogens (primary N) is 1. The van der Waals surface area contributed by atoms with E-state index in [9.17, 15) is 0 Å². The molecule has 0 aliphatic heterocycles. The molecule has 3 aromatic rings. The molecule has 0 atom stereocenters. The minimum atomic E-state index is 0.527. The smallest absolute Gasteiger partial charge is 0.227 e. The van der Waals surface area contributed by atoms with Crippen LogP contribution in [-0.4, -0.2) is 4.98 Å². The summed E-state index contributed by atoms with van der Waals surface area (Å²) in [7, 11) is 0. The number of anilines is 1. The van der Waals surface area contributed by atoms with Gasteiger partial charge in [-0.1, -0.05) is 17.7 Å². The zero-order valence-electron chi connectivity index (χ0n) is 9.15. The highest BCUT2D eigenvalue weighted by Crippen LogP contribution is 2.31. The Bertz CT molecular complexity index is 739. The Balaban J connectivity index is 2.19. The normalized spacial score (nSPS) is 11.0. The van der Waals surface area contributed by atoms with E-state index in [-0.39, 0.29) is 0 Å². The summed E-state index contributed by atoms with van der Waals surface area (Å²) >= 11 is 9.43. The number of rotatable bonds is 1. The zero-order valence-corrected chi connectivity index (χ0v) is 11.5. The van der Waals surface area contributed by atoms with Crippen LogP contribution >= 0.6 is 27.5 Å². The lowest BCUT2D eigenvalue weighted by molar-refractivity contribution is 0.620. The van der Waals surface area contributed by atoms with Crippen LogP contribution in [0.5, 0.6) is 0 Å². The molecule has 0 saturated heterocycles. The van der Waals surface area contributed by atoms with Crippen molar-refractivity contribution in [3.63, 3.8) is 0 Å². The lowest BCUT2D eigenvalue weighted by Crippen LogP contribution is -1.86. The molecule has 0 radical (unpaired) electrons. The van der Waals surface area contributed by atoms with E-state index in [0.717, 1.165) is 15.6 Å². The minimum absolute atomic E-state index is 0.527. The third kappa shape index (κ3) is 1.87. The van der Waals surface area contributed by atoms with Crippen molar-refractivity contribution in [3.8, 4) is 11.5 Å². The van der Waals surface area contributed by atoms with Crippen LogP contribution in [0.4, 0.5) is 5.69 Å². The van der Waals surface area contributed by atoms with Gasteiger partial charge in [-0.2, -0.15) is 0 Å². The predicted octanol–water partition coefficient (Wildman–Crippen LogP) is 4.49. The molecular weight excluding hydrogens is 316 g/mol. The number of hydrogen-bond acceptors (Lipinski definition) is 3. The number of nitrogen functional groups attached to an aromatic ring is 1. The molecule has 1 aromatic heterocycles. The van der Waals surface area contributed by atoms with Crippen molar-refractivity contribution in [2.45, 2.75) is 0 Å². The van der Waals surface area contributed by atoms with E-state index in [1.54, 1.807) is 12.1 Å². The fourth-order valence-electron chi connectivity index (χ4n) is 1.70. The van der Waals surface area contributed by atoms with Gasteiger partial charge in [-0.3, -0.25) is 0 Å². The Morgan fingerprint density at radius 1 is 1.22 bits per heavy atom. The summed E-state index contributed by atoms with van der Waals surface area (Å²) in [5.74, 6) is 0.527. The van der Waals surface area contributed by atoms with E-state index < -0.39 is 0 Å². The first-order valence-corrected chi connectivity index (χ1v) is 6.43. The van der Waals surface area contributed by atoms with Gasteiger partial charge in [0.15, 0.2) is 5.58 Å². The molecule has 90 valence electrons. The molecule has 2 aromatic carbocycles. The average Bonchev–Trinajstić information content (AvgIpc) is 2.78. The number of aromatic nitrogens is 1. The van der Waals surface area contributed by atoms with Gasteiger partial charge in [-0.25, -0.2) is 4.98 Å². The maximum atomic E-state index is 6.05. The van der Waals surface area contributed by atoms with Crippen LogP contribution in [-0.2, 0) is 0 Å². The monoisotopic (exact) mass is 322 g/mol. The highest BCUT2D eigenvalue weighted by molar-refractivity contribution is 9.10. The summed E-state index contributed by atoms with van der Waals surface area (Å²) in [5.41, 5.74) is 8.61. The molecule has 0 aliphatic rings. The van der Waals surface area contributed by atoms with Crippen LogP contribution in [0.25, 0.3) is 22.6 Å². The van der Waals surface area contributed by atoms with Crippen molar-refractivity contribution in [2.75, 3.05) is 5.73 Å². The number of hydrogen-bond donors (Lipinski definition) is 1. The van der Waals surface area contributed by atoms with Crippen molar-refractivity contribution in [2.24, 2.45) is 0 Å². The number of para-hydroxylation sites is 1. The van der Waals surface area contributed by atoms with Crippen molar-refractivity contribution in [1.29, 1.82) is 0 Å². The number of fused-ring (bicyclic) bond motifs is 1. The molecule has 0 saturated carbocycles. The van der Waals surface area contributed by atoms with E-state index in [1.807, 2.05) is 24.3 Å². The predicted molar refractivity (Wildman–Crippen MR) is 76.6 cm³/mol. The molecule has 0 fully saturated rings. The van der Waals surface area contributed by atoms with Gasteiger partial charge in [0.2, 0.25) is 5.89 Å². The van der Waals surface area contributed by atoms with Crippen molar-refractivity contribution >= 4 is 44.3 Å². The molecule has 0 spiro atoms. The fraction of sp³-hybridized carbons (Fsp3) is 0. The van der Waals surface area contributed by atoms with E-state index in [2.05, 4.69) is 20.9 Å². The molecule has 18 heavy (non-hydrogen) atoms. The van der Waals surface area contributed by atoms with Gasteiger partial charge in [0.1, 0.15) is 5.52 Å². The van der Waals surface area contributed by atoms with Crippen molar-refractivity contribution in [1.82, 2.24) is 4.98 Å². The molecule has 0 unspecified atom stereocenters. The maximum Gasteiger partial charge on any atom is 0.227 e. The molecule has 0 bridgehead atoms. The first kappa shape index (κ1) is 11.6. The van der Waals surface area contributed by atoms with Crippen LogP contribution in [0.15, 0.2) is 45.3 Å². The summed E-state index contributed by atoms with van der Waals surface area (Å²) in [4.78, 5) is 4.40. The molecular formula is C13H8BrClN2O. The zero-order chi connectivity index (χ0) is 12.7. The second-order valence-electron chi connectivity index (χ2n) is 3.84. The molecule has 5 heteroatoms. The number of oxazole rings is 1. The molecule has 3 rings (SSSR count). The third-order valence-corrected chi connectivity index (χ3v) is 3.60. The van der Waals surface area contributed by atoms with Crippen molar-refractivity contribution < 1.29 is 4.42 Å². The number of halogens is 2. The third-order valence-electron chi connectivity index (χ3n) is 2.61. The standard InChI is InChI=1S/C13H8BrClN2O/c14-8-6-7(4-5-10(8)16)13-17-11-3-1-2-9(15)12(11)18-13/h1-6H,16H2. The van der Waals surface area contributed by atoms with Crippen molar-refractivity contribution in [3.05, 3.63) is 45.9 Å². The SMILES string of the molecule is Nc1ccc(-c2nc3cccc(Cl)c3o2)cc1Br. The van der Waals surface area contributed by atoms with Gasteiger partial charge in [0, 0.05) is 15.7 Å². The first-order valence-electron chi connectivity index (χ1n) is 5.25. The second-order valence-corrected chi connectivity index (χ2v) is 5.10. The topological polar surface area (TPSA) is 52.0 Å². The Kier molecular flexibility index (Phi) is 2.76. The molecule has 0 aliphatic carbocycles. The van der Waals surface area contributed by atoms with Gasteiger partial charge in [-0.15, -0.1) is 0 Å². The summed E-state index contributed by atoms with van der Waals surface area (Å²) in [5, 5.41) is 0.556. The van der Waals surface area contributed by atoms with Gasteiger partial charge >= 0.3 is 0 Å². The Morgan fingerprint density at radius 3 is 2.78 bits per heavy atom. The average molecular weight is 324 g/mol. The number of benzene rings is 2. The van der Waals surface area contributed by atoms with Crippen LogP contribution in [0.3, 0.4) is 0 Å². The Morgan fingerprint density at radius 2 is 2.06 bits per heavy atom. The minimum Gasteiger partial charge on any atom is -0.435 e. The summed E-state index contributed by atoms with van der Waals surface area (Å²) < 4.78 is 6.49. The van der Waals surface area contributed by atoms with Crippen LogP contribution in [0.2, 0.25) is 5.02 Å². The van der Waals surface area contributed by atoms with Gasteiger partial charge < -0.3 is 10.2 Å². The van der Waals surface area contributed by atoms with Crippen LogP contribution in [0.1, 0.15) is 0 Å². The number of nitrogens with zero attached hydrogens (tertiary/aromatic N) is 1. The fourth-order valence-corrected chi connectivity index (χ4v) is 2.29. The molecule has 3 nitrogen and oxygen atoms in total. The summed E-state index contributed by atoms with van der Waals surface area (Å²) in [6.07, 6.45) is 0. The highest BCUT2D eigenvalue weighted by Gasteiger charge is 2.11. The Labute approximate surface area is 117 Å². The van der Waals surface area contributed by atoms with Gasteiger partial charge in [0.25, 0.3) is 0 Å². The summed E-state index contributed by atoms with van der Waals surface area (Å²) in [6.45, 7) is 0. The van der Waals surface area contributed by atoms with Gasteiger partial charge in [0.05, 0.1) is 5.02 Å². The Hall–Kier alpha value is -1.52. The van der Waals surface area contributed by atoms with E-state index >= 15 is 0 Å². The van der Waals surface area contributed by atoms with Crippen LogP contribution in [0, 0.1) is 0 Å². The lowest BCUT2D eigenvalue weighted by Gasteiger charge is -1.99. The molecule has 2 N–H and O–H groups in total. The molecule has 0 amide bonds. The first-order chi connectivity index (χ1) is 8.65. The molecule has 1 heterocycles. The quantitative estimate of drug-likeness (QED) is 0.671. The largest absolute Gasteiger partial charge is 0.435 e. The second kappa shape index (κ2) is 4.30. The van der Waals surface area contributed by atoms with E-state index in [4.69, 9.17) is 21.8 Å².